The molecule has 0 aliphatic rings. The highest BCUT2D eigenvalue weighted by Gasteiger charge is 2.15. The summed E-state index contributed by atoms with van der Waals surface area (Å²) in [5, 5.41) is 8.00. The number of methoxy groups -OCH3 is 1. The molecule has 0 amide bonds. The van der Waals surface area contributed by atoms with Crippen LogP contribution in [0.3, 0.4) is 0 Å². The second-order valence-corrected chi connectivity index (χ2v) is 3.75. The van der Waals surface area contributed by atoms with Gasteiger partial charge in [-0.15, -0.1) is 5.10 Å². The lowest BCUT2D eigenvalue weighted by Crippen LogP contribution is -2.21. The Hall–Kier alpha value is -1.10. The maximum absolute atomic E-state index is 5.72. The number of aromatic nitrogens is 3. The molecule has 0 saturated heterocycles. The third-order valence-corrected chi connectivity index (χ3v) is 1.94. The van der Waals surface area contributed by atoms with E-state index in [1.165, 1.54) is 0 Å². The maximum atomic E-state index is 5.72. The fourth-order valence-electron chi connectivity index (χ4n) is 1.39. The third-order valence-electron chi connectivity index (χ3n) is 1.94. The average Bonchev–Trinajstić information content (AvgIpc) is 2.46. The summed E-state index contributed by atoms with van der Waals surface area (Å²) in [7, 11) is 1.60. The Labute approximate surface area is 84.3 Å². The van der Waals surface area contributed by atoms with Gasteiger partial charge in [-0.3, -0.25) is 4.57 Å². The van der Waals surface area contributed by atoms with Crippen LogP contribution in [-0.2, 0) is 6.42 Å². The predicted molar refractivity (Wildman–Crippen MR) is 54.3 cm³/mol. The smallest absolute Gasteiger partial charge is 0.316 e. The van der Waals surface area contributed by atoms with Gasteiger partial charge in [0.1, 0.15) is 5.82 Å². The van der Waals surface area contributed by atoms with Gasteiger partial charge in [0.15, 0.2) is 0 Å². The van der Waals surface area contributed by atoms with Crippen LogP contribution in [0, 0.1) is 0 Å². The fourth-order valence-corrected chi connectivity index (χ4v) is 1.39. The van der Waals surface area contributed by atoms with Crippen molar-refractivity contribution in [2.75, 3.05) is 7.11 Å². The Morgan fingerprint density at radius 1 is 1.36 bits per heavy atom. The molecule has 2 N–H and O–H groups in total. The van der Waals surface area contributed by atoms with E-state index in [9.17, 15) is 0 Å². The summed E-state index contributed by atoms with van der Waals surface area (Å²) in [4.78, 5) is 0. The van der Waals surface area contributed by atoms with Crippen LogP contribution in [0.2, 0.25) is 0 Å². The summed E-state index contributed by atoms with van der Waals surface area (Å²) >= 11 is 0. The van der Waals surface area contributed by atoms with Crippen LogP contribution in [0.15, 0.2) is 0 Å². The van der Waals surface area contributed by atoms with Gasteiger partial charge in [0.05, 0.1) is 7.11 Å². The van der Waals surface area contributed by atoms with E-state index >= 15 is 0 Å². The van der Waals surface area contributed by atoms with Gasteiger partial charge >= 0.3 is 6.01 Å². The summed E-state index contributed by atoms with van der Waals surface area (Å²) in [5.41, 5.74) is 5.72. The highest BCUT2D eigenvalue weighted by Crippen LogP contribution is 2.17. The third kappa shape index (κ3) is 2.23. The molecule has 14 heavy (non-hydrogen) atoms. The highest BCUT2D eigenvalue weighted by molar-refractivity contribution is 5.03. The van der Waals surface area contributed by atoms with Gasteiger partial charge < -0.3 is 10.5 Å². The van der Waals surface area contributed by atoms with E-state index < -0.39 is 0 Å². The van der Waals surface area contributed by atoms with E-state index in [-0.39, 0.29) is 12.1 Å². The summed E-state index contributed by atoms with van der Waals surface area (Å²) in [6.45, 7) is 6.08. The molecule has 1 heterocycles. The highest BCUT2D eigenvalue weighted by atomic mass is 16.5. The first-order valence-corrected chi connectivity index (χ1v) is 4.79. The lowest BCUT2D eigenvalue weighted by Gasteiger charge is -2.13. The number of rotatable bonds is 4. The van der Waals surface area contributed by atoms with Crippen molar-refractivity contribution in [2.24, 2.45) is 5.73 Å². The molecular formula is C9H18N4O. The normalized spacial score (nSPS) is 13.3. The fraction of sp³-hybridized carbons (Fsp3) is 0.778. The lowest BCUT2D eigenvalue weighted by molar-refractivity contribution is 0.342. The largest absolute Gasteiger partial charge is 0.467 e. The predicted octanol–water partition coefficient (Wildman–Crippen LogP) is 0.757. The molecule has 0 aromatic carbocycles. The summed E-state index contributed by atoms with van der Waals surface area (Å²) < 4.78 is 7.08. The van der Waals surface area contributed by atoms with Crippen LogP contribution in [0.1, 0.15) is 32.6 Å². The maximum Gasteiger partial charge on any atom is 0.316 e. The van der Waals surface area contributed by atoms with Crippen LogP contribution < -0.4 is 10.5 Å². The number of ether oxygens (including phenoxy) is 1. The van der Waals surface area contributed by atoms with Crippen LogP contribution in [-0.4, -0.2) is 27.9 Å². The Balaban J connectivity index is 2.98. The zero-order valence-electron chi connectivity index (χ0n) is 9.19. The molecule has 1 aromatic rings. The SMILES string of the molecule is COc1nnc(CC(C)N)n1C(C)C. The molecule has 0 radical (unpaired) electrons. The molecule has 80 valence electrons. The van der Waals surface area contributed by atoms with Crippen molar-refractivity contribution < 1.29 is 4.74 Å². The minimum Gasteiger partial charge on any atom is -0.467 e. The zero-order valence-corrected chi connectivity index (χ0v) is 9.19. The monoisotopic (exact) mass is 198 g/mol. The van der Waals surface area contributed by atoms with E-state index in [2.05, 4.69) is 24.0 Å². The van der Waals surface area contributed by atoms with Gasteiger partial charge in [0.2, 0.25) is 0 Å². The molecule has 0 saturated carbocycles. The first kappa shape index (κ1) is 11.0. The number of hydrogen-bond donors (Lipinski definition) is 1. The van der Waals surface area contributed by atoms with Crippen molar-refractivity contribution in [2.45, 2.75) is 39.3 Å². The summed E-state index contributed by atoms with van der Waals surface area (Å²) in [6, 6.07) is 0.922. The van der Waals surface area contributed by atoms with Crippen LogP contribution in [0.4, 0.5) is 0 Å². The van der Waals surface area contributed by atoms with Crippen LogP contribution in [0.25, 0.3) is 0 Å². The molecule has 0 bridgehead atoms. The van der Waals surface area contributed by atoms with Crippen molar-refractivity contribution in [3.05, 3.63) is 5.82 Å². The van der Waals surface area contributed by atoms with Crippen molar-refractivity contribution in [3.8, 4) is 6.01 Å². The average molecular weight is 198 g/mol. The molecule has 1 atom stereocenters. The minimum atomic E-state index is 0.0846. The standard InChI is InChI=1S/C9H18N4O/c1-6(2)13-8(5-7(3)10)11-12-9(13)14-4/h6-7H,5,10H2,1-4H3. The Kier molecular flexibility index (Phi) is 3.46. The van der Waals surface area contributed by atoms with Gasteiger partial charge in [0.25, 0.3) is 0 Å². The van der Waals surface area contributed by atoms with Gasteiger partial charge in [-0.2, -0.15) is 0 Å². The molecule has 0 fully saturated rings. The molecule has 0 aliphatic heterocycles. The Bertz CT molecular complexity index is 293. The Morgan fingerprint density at radius 2 is 2.00 bits per heavy atom. The first-order valence-electron chi connectivity index (χ1n) is 4.79. The van der Waals surface area contributed by atoms with E-state index in [4.69, 9.17) is 10.5 Å². The molecule has 0 spiro atoms. The van der Waals surface area contributed by atoms with Gasteiger partial charge in [-0.25, -0.2) is 0 Å². The second-order valence-electron chi connectivity index (χ2n) is 3.75. The van der Waals surface area contributed by atoms with Gasteiger partial charge in [0, 0.05) is 18.5 Å². The van der Waals surface area contributed by atoms with E-state index in [1.54, 1.807) is 7.11 Å². The quantitative estimate of drug-likeness (QED) is 0.775. The van der Waals surface area contributed by atoms with Gasteiger partial charge in [-0.1, -0.05) is 5.10 Å². The molecular weight excluding hydrogens is 180 g/mol. The van der Waals surface area contributed by atoms with Crippen molar-refractivity contribution >= 4 is 0 Å². The van der Waals surface area contributed by atoms with Gasteiger partial charge in [-0.05, 0) is 20.8 Å². The zero-order chi connectivity index (χ0) is 10.7. The number of hydrogen-bond acceptors (Lipinski definition) is 4. The molecule has 1 aromatic heterocycles. The topological polar surface area (TPSA) is 66.0 Å². The van der Waals surface area contributed by atoms with Crippen molar-refractivity contribution in [1.29, 1.82) is 0 Å². The van der Waals surface area contributed by atoms with Crippen molar-refractivity contribution in [1.82, 2.24) is 14.8 Å². The molecule has 0 aliphatic carbocycles. The molecule has 5 nitrogen and oxygen atoms in total. The second kappa shape index (κ2) is 4.41. The number of nitrogens with two attached hydrogens (primary N) is 1. The molecule has 1 unspecified atom stereocenters. The van der Waals surface area contributed by atoms with E-state index in [0.29, 0.717) is 12.4 Å². The van der Waals surface area contributed by atoms with Crippen LogP contribution in [0.5, 0.6) is 6.01 Å². The summed E-state index contributed by atoms with van der Waals surface area (Å²) in [6.07, 6.45) is 0.717. The van der Waals surface area contributed by atoms with E-state index in [0.717, 1.165) is 5.82 Å². The first-order chi connectivity index (χ1) is 6.56. The molecule has 5 heteroatoms. The molecule has 1 rings (SSSR count). The lowest BCUT2D eigenvalue weighted by atomic mass is 10.2. The van der Waals surface area contributed by atoms with E-state index in [1.807, 2.05) is 11.5 Å². The minimum absolute atomic E-state index is 0.0846. The number of nitrogens with zero attached hydrogens (tertiary/aromatic N) is 3. The Morgan fingerprint density at radius 3 is 2.43 bits per heavy atom. The van der Waals surface area contributed by atoms with Crippen molar-refractivity contribution in [3.63, 3.8) is 0 Å². The summed E-state index contributed by atoms with van der Waals surface area (Å²) in [5.74, 6) is 0.881. The van der Waals surface area contributed by atoms with Crippen LogP contribution >= 0.6 is 0 Å².